The van der Waals surface area contributed by atoms with Crippen LogP contribution in [0.1, 0.15) is 5.69 Å². The average molecular weight is 186 g/mol. The summed E-state index contributed by atoms with van der Waals surface area (Å²) in [5, 5.41) is 2.36. The molecule has 0 spiro atoms. The second-order valence-corrected chi connectivity index (χ2v) is 3.27. The van der Waals surface area contributed by atoms with Crippen LogP contribution in [0.4, 0.5) is 5.69 Å². The maximum absolute atomic E-state index is 4.38. The number of anilines is 1. The van der Waals surface area contributed by atoms with Crippen LogP contribution in [-0.2, 0) is 6.54 Å². The Morgan fingerprint density at radius 1 is 1.21 bits per heavy atom. The molecule has 0 saturated heterocycles. The van der Waals surface area contributed by atoms with E-state index in [9.17, 15) is 0 Å². The van der Waals surface area contributed by atoms with E-state index < -0.39 is 0 Å². The number of benzene rings is 1. The molecule has 70 valence electrons. The first-order valence-electron chi connectivity index (χ1n) is 4.55. The summed E-state index contributed by atoms with van der Waals surface area (Å²) in [7, 11) is 0. The van der Waals surface area contributed by atoms with E-state index in [0.717, 1.165) is 23.3 Å². The number of hydrogen-bond donors (Lipinski definition) is 3. The van der Waals surface area contributed by atoms with Gasteiger partial charge in [0.15, 0.2) is 0 Å². The predicted molar refractivity (Wildman–Crippen MR) is 55.3 cm³/mol. The highest BCUT2D eigenvalue weighted by Gasteiger charge is 2.11. The van der Waals surface area contributed by atoms with Gasteiger partial charge in [-0.2, -0.15) is 5.53 Å². The lowest BCUT2D eigenvalue weighted by atomic mass is 10.1. The molecule has 0 aliphatic carbocycles. The molecule has 1 aromatic heterocycles. The molecule has 4 heteroatoms. The zero-order valence-electron chi connectivity index (χ0n) is 7.54. The minimum atomic E-state index is 0.743. The van der Waals surface area contributed by atoms with E-state index in [2.05, 4.69) is 33.5 Å². The number of pyridine rings is 1. The van der Waals surface area contributed by atoms with Crippen molar-refractivity contribution in [1.29, 1.82) is 0 Å². The smallest absolute Gasteiger partial charge is 0.0808 e. The van der Waals surface area contributed by atoms with Crippen LogP contribution < -0.4 is 16.4 Å². The van der Waals surface area contributed by atoms with E-state index in [1.165, 1.54) is 5.39 Å². The molecule has 0 amide bonds. The zero-order valence-corrected chi connectivity index (χ0v) is 7.54. The Balaban J connectivity index is 2.34. The summed E-state index contributed by atoms with van der Waals surface area (Å²) in [6.45, 7) is 0.743. The number of hydrogen-bond acceptors (Lipinski definition) is 4. The fraction of sp³-hybridized carbons (Fsp3) is 0.100. The molecular weight excluding hydrogens is 176 g/mol. The highest BCUT2D eigenvalue weighted by Crippen LogP contribution is 2.25. The van der Waals surface area contributed by atoms with Crippen molar-refractivity contribution in [3.05, 3.63) is 36.2 Å². The molecule has 0 bridgehead atoms. The van der Waals surface area contributed by atoms with Crippen molar-refractivity contribution >= 4 is 16.5 Å². The normalized spacial score (nSPS) is 14.9. The van der Waals surface area contributed by atoms with Crippen LogP contribution in [0, 0.1) is 0 Å². The van der Waals surface area contributed by atoms with Crippen LogP contribution in [0.25, 0.3) is 10.8 Å². The van der Waals surface area contributed by atoms with Crippen LogP contribution >= 0.6 is 0 Å². The van der Waals surface area contributed by atoms with Crippen molar-refractivity contribution in [3.8, 4) is 0 Å². The van der Waals surface area contributed by atoms with Gasteiger partial charge < -0.3 is 5.43 Å². The lowest BCUT2D eigenvalue weighted by Crippen LogP contribution is -2.41. The third-order valence-electron chi connectivity index (χ3n) is 2.41. The van der Waals surface area contributed by atoms with Crippen LogP contribution in [-0.4, -0.2) is 4.98 Å². The molecule has 1 aromatic carbocycles. The van der Waals surface area contributed by atoms with Crippen molar-refractivity contribution in [2.45, 2.75) is 6.54 Å². The molecule has 3 rings (SSSR count). The molecule has 14 heavy (non-hydrogen) atoms. The van der Waals surface area contributed by atoms with E-state index >= 15 is 0 Å². The average Bonchev–Trinajstić information content (AvgIpc) is 2.29. The van der Waals surface area contributed by atoms with Gasteiger partial charge in [0.25, 0.3) is 0 Å². The summed E-state index contributed by atoms with van der Waals surface area (Å²) in [5.41, 5.74) is 11.1. The van der Waals surface area contributed by atoms with Crippen molar-refractivity contribution in [2.24, 2.45) is 0 Å². The first kappa shape index (κ1) is 7.73. The van der Waals surface area contributed by atoms with Gasteiger partial charge in [0.05, 0.1) is 17.9 Å². The van der Waals surface area contributed by atoms with Gasteiger partial charge in [0, 0.05) is 17.0 Å². The predicted octanol–water partition coefficient (Wildman–Crippen LogP) is 1.17. The molecule has 1 aliphatic rings. The highest BCUT2D eigenvalue weighted by atomic mass is 15.6. The van der Waals surface area contributed by atoms with Gasteiger partial charge in [-0.25, -0.2) is 5.43 Å². The Kier molecular flexibility index (Phi) is 1.62. The van der Waals surface area contributed by atoms with Gasteiger partial charge in [-0.1, -0.05) is 24.3 Å². The number of nitrogens with one attached hydrogen (secondary N) is 3. The summed E-state index contributed by atoms with van der Waals surface area (Å²) < 4.78 is 0. The number of hydrazine groups is 2. The quantitative estimate of drug-likeness (QED) is 0.578. The Hall–Kier alpha value is -1.65. The Labute approximate surface area is 81.3 Å². The molecule has 0 saturated carbocycles. The van der Waals surface area contributed by atoms with Gasteiger partial charge in [0.2, 0.25) is 0 Å². The van der Waals surface area contributed by atoms with E-state index in [4.69, 9.17) is 0 Å². The number of fused-ring (bicyclic) bond motifs is 3. The highest BCUT2D eigenvalue weighted by molar-refractivity contribution is 5.94. The molecule has 0 radical (unpaired) electrons. The monoisotopic (exact) mass is 186 g/mol. The van der Waals surface area contributed by atoms with Crippen LogP contribution in [0.5, 0.6) is 0 Å². The van der Waals surface area contributed by atoms with Gasteiger partial charge >= 0.3 is 0 Å². The van der Waals surface area contributed by atoms with E-state index in [0.29, 0.717) is 0 Å². The van der Waals surface area contributed by atoms with Crippen molar-refractivity contribution in [3.63, 3.8) is 0 Å². The minimum absolute atomic E-state index is 0.743. The summed E-state index contributed by atoms with van der Waals surface area (Å²) in [6, 6.07) is 8.21. The molecule has 4 nitrogen and oxygen atoms in total. The third kappa shape index (κ3) is 1.05. The maximum Gasteiger partial charge on any atom is 0.0808 e. The fourth-order valence-corrected chi connectivity index (χ4v) is 1.71. The van der Waals surface area contributed by atoms with Gasteiger partial charge in [0.1, 0.15) is 0 Å². The molecule has 0 atom stereocenters. The molecular formula is C10H10N4. The lowest BCUT2D eigenvalue weighted by molar-refractivity contribution is 0.559. The number of aromatic nitrogens is 1. The molecule has 3 N–H and O–H groups in total. The van der Waals surface area contributed by atoms with Crippen molar-refractivity contribution in [2.75, 3.05) is 5.43 Å². The summed E-state index contributed by atoms with van der Waals surface area (Å²) >= 11 is 0. The van der Waals surface area contributed by atoms with E-state index in [1.807, 2.05) is 18.3 Å². The largest absolute Gasteiger partial charge is 0.306 e. The minimum Gasteiger partial charge on any atom is -0.306 e. The summed E-state index contributed by atoms with van der Waals surface area (Å²) in [6.07, 6.45) is 1.91. The van der Waals surface area contributed by atoms with Gasteiger partial charge in [-0.15, -0.1) is 0 Å². The molecule has 0 fully saturated rings. The lowest BCUT2D eigenvalue weighted by Gasteiger charge is -2.20. The summed E-state index contributed by atoms with van der Waals surface area (Å²) in [5.74, 6) is 0. The summed E-state index contributed by atoms with van der Waals surface area (Å²) in [4.78, 5) is 4.38. The number of nitrogens with zero attached hydrogens (tertiary/aromatic N) is 1. The van der Waals surface area contributed by atoms with Crippen LogP contribution in [0.2, 0.25) is 0 Å². The SMILES string of the molecule is c1ccc2c3c(ncc2c1)CNNN3. The first-order valence-corrected chi connectivity index (χ1v) is 4.55. The Morgan fingerprint density at radius 2 is 2.14 bits per heavy atom. The number of rotatable bonds is 0. The third-order valence-corrected chi connectivity index (χ3v) is 2.41. The molecule has 0 unspecified atom stereocenters. The van der Waals surface area contributed by atoms with Crippen molar-refractivity contribution < 1.29 is 0 Å². The van der Waals surface area contributed by atoms with Crippen LogP contribution in [0.3, 0.4) is 0 Å². The van der Waals surface area contributed by atoms with Crippen molar-refractivity contribution in [1.82, 2.24) is 15.9 Å². The molecule has 1 aliphatic heterocycles. The molecule has 2 heterocycles. The topological polar surface area (TPSA) is 49.0 Å². The first-order chi connectivity index (χ1) is 6.95. The van der Waals surface area contributed by atoms with E-state index in [1.54, 1.807) is 0 Å². The fourth-order valence-electron chi connectivity index (χ4n) is 1.71. The second kappa shape index (κ2) is 2.94. The molecule has 2 aromatic rings. The Morgan fingerprint density at radius 3 is 3.14 bits per heavy atom. The maximum atomic E-state index is 4.38. The van der Waals surface area contributed by atoms with Crippen LogP contribution in [0.15, 0.2) is 30.5 Å². The zero-order chi connectivity index (χ0) is 9.38. The van der Waals surface area contributed by atoms with Gasteiger partial charge in [-0.05, 0) is 0 Å². The Bertz CT molecular complexity index is 481. The second-order valence-electron chi connectivity index (χ2n) is 3.27. The van der Waals surface area contributed by atoms with Gasteiger partial charge in [-0.3, -0.25) is 4.98 Å². The van der Waals surface area contributed by atoms with E-state index in [-0.39, 0.29) is 0 Å². The standard InChI is InChI=1S/C10H10N4/c1-2-4-8-7(3-1)5-11-9-6-12-14-13-10(8)9/h1-5,12-14H,6H2.